The highest BCUT2D eigenvalue weighted by atomic mass is 16.5. The average molecular weight is 735 g/mol. The van der Waals surface area contributed by atoms with Gasteiger partial charge in [0.05, 0.1) is 21.3 Å². The molecule has 0 bridgehead atoms. The van der Waals surface area contributed by atoms with Crippen LogP contribution in [0, 0.1) is 10.8 Å². The van der Waals surface area contributed by atoms with Crippen LogP contribution in [0.15, 0.2) is 84.9 Å². The second-order valence-electron chi connectivity index (χ2n) is 18.3. The van der Waals surface area contributed by atoms with E-state index in [0.29, 0.717) is 0 Å². The molecule has 1 atom stereocenters. The van der Waals surface area contributed by atoms with Gasteiger partial charge in [0, 0.05) is 38.4 Å². The molecule has 55 heavy (non-hydrogen) atoms. The molecule has 0 radical (unpaired) electrons. The highest BCUT2D eigenvalue weighted by Gasteiger charge is 2.56. The SMILES string of the molecule is CCC1(C)CCc2c(c(OC)cc3c4c(c5c(c23)-c2ccccc2C52CC(C)(C)CC(C)(C)C2)C=CC(c2ccc(OC)cc2)(c2ccc(OC)cc2)O4)O1. The van der Waals surface area contributed by atoms with E-state index >= 15 is 0 Å². The minimum Gasteiger partial charge on any atom is -0.497 e. The van der Waals surface area contributed by atoms with Gasteiger partial charge in [-0.2, -0.15) is 0 Å². The van der Waals surface area contributed by atoms with Crippen molar-refractivity contribution in [3.8, 4) is 39.9 Å². The first-order valence-electron chi connectivity index (χ1n) is 20.0. The van der Waals surface area contributed by atoms with Crippen molar-refractivity contribution in [3.63, 3.8) is 0 Å². The third-order valence-electron chi connectivity index (χ3n) is 13.3. The topological polar surface area (TPSA) is 46.2 Å². The fourth-order valence-electron chi connectivity index (χ4n) is 11.4. The van der Waals surface area contributed by atoms with E-state index in [4.69, 9.17) is 23.7 Å². The molecule has 1 fully saturated rings. The largest absolute Gasteiger partial charge is 0.497 e. The van der Waals surface area contributed by atoms with Gasteiger partial charge in [-0.3, -0.25) is 0 Å². The van der Waals surface area contributed by atoms with E-state index in [1.54, 1.807) is 21.3 Å². The van der Waals surface area contributed by atoms with Crippen molar-refractivity contribution < 1.29 is 23.7 Å². The molecule has 9 rings (SSSR count). The predicted octanol–water partition coefficient (Wildman–Crippen LogP) is 12.2. The number of hydrogen-bond acceptors (Lipinski definition) is 5. The lowest BCUT2D eigenvalue weighted by molar-refractivity contribution is 0.0581. The Morgan fingerprint density at radius 3 is 1.89 bits per heavy atom. The van der Waals surface area contributed by atoms with Gasteiger partial charge in [-0.05, 0) is 115 Å². The molecule has 0 saturated heterocycles. The van der Waals surface area contributed by atoms with Crippen LogP contribution in [-0.4, -0.2) is 26.9 Å². The number of methoxy groups -OCH3 is 3. The van der Waals surface area contributed by atoms with Gasteiger partial charge in [0.15, 0.2) is 17.1 Å². The summed E-state index contributed by atoms with van der Waals surface area (Å²) in [5.74, 6) is 4.12. The molecule has 4 aliphatic rings. The monoisotopic (exact) mass is 734 g/mol. The van der Waals surface area contributed by atoms with Crippen LogP contribution in [0.2, 0.25) is 0 Å². The van der Waals surface area contributed by atoms with E-state index < -0.39 is 5.60 Å². The first-order valence-corrected chi connectivity index (χ1v) is 20.0. The van der Waals surface area contributed by atoms with Crippen molar-refractivity contribution in [1.82, 2.24) is 0 Å². The van der Waals surface area contributed by atoms with Gasteiger partial charge in [-0.15, -0.1) is 0 Å². The maximum atomic E-state index is 7.80. The Morgan fingerprint density at radius 1 is 0.691 bits per heavy atom. The molecule has 0 amide bonds. The summed E-state index contributed by atoms with van der Waals surface area (Å²) in [6.45, 7) is 14.3. The first kappa shape index (κ1) is 35.8. The molecule has 0 N–H and O–H groups in total. The van der Waals surface area contributed by atoms with Gasteiger partial charge in [-0.1, -0.05) is 89.2 Å². The van der Waals surface area contributed by atoms with E-state index in [1.807, 2.05) is 24.3 Å². The molecular formula is C50H54O5. The zero-order chi connectivity index (χ0) is 38.5. The van der Waals surface area contributed by atoms with Crippen LogP contribution in [0.3, 0.4) is 0 Å². The Labute approximate surface area is 326 Å². The van der Waals surface area contributed by atoms with Crippen molar-refractivity contribution in [2.45, 2.75) is 96.7 Å². The first-order chi connectivity index (χ1) is 26.3. The highest BCUT2D eigenvalue weighted by molar-refractivity contribution is 6.11. The van der Waals surface area contributed by atoms with Gasteiger partial charge < -0.3 is 23.7 Å². The molecule has 2 heterocycles. The van der Waals surface area contributed by atoms with Crippen LogP contribution in [0.4, 0.5) is 0 Å². The number of benzene rings is 5. The molecule has 5 aromatic carbocycles. The number of hydrogen-bond donors (Lipinski definition) is 0. The Bertz CT molecular complexity index is 2300. The number of rotatable bonds is 6. The summed E-state index contributed by atoms with van der Waals surface area (Å²) in [5, 5.41) is 2.30. The van der Waals surface area contributed by atoms with Crippen molar-refractivity contribution in [1.29, 1.82) is 0 Å². The van der Waals surface area contributed by atoms with Crippen LogP contribution < -0.4 is 23.7 Å². The second kappa shape index (κ2) is 12.3. The van der Waals surface area contributed by atoms with Crippen LogP contribution >= 0.6 is 0 Å². The third kappa shape index (κ3) is 5.32. The van der Waals surface area contributed by atoms with E-state index in [1.165, 1.54) is 45.2 Å². The van der Waals surface area contributed by atoms with Crippen molar-refractivity contribution in [2.75, 3.05) is 21.3 Å². The van der Waals surface area contributed by atoms with Crippen LogP contribution in [0.5, 0.6) is 28.7 Å². The summed E-state index contributed by atoms with van der Waals surface area (Å²) in [4.78, 5) is 0. The Kier molecular flexibility index (Phi) is 8.00. The third-order valence-corrected chi connectivity index (χ3v) is 13.3. The summed E-state index contributed by atoms with van der Waals surface area (Å²) >= 11 is 0. The molecule has 284 valence electrons. The van der Waals surface area contributed by atoms with Crippen LogP contribution in [0.1, 0.15) is 107 Å². The summed E-state index contributed by atoms with van der Waals surface area (Å²) in [6.07, 6.45) is 10.7. The lowest BCUT2D eigenvalue weighted by atomic mass is 9.52. The molecule has 1 saturated carbocycles. The van der Waals surface area contributed by atoms with E-state index in [9.17, 15) is 0 Å². The van der Waals surface area contributed by atoms with Crippen LogP contribution in [-0.2, 0) is 17.4 Å². The van der Waals surface area contributed by atoms with Gasteiger partial charge in [-0.25, -0.2) is 0 Å². The van der Waals surface area contributed by atoms with Gasteiger partial charge >= 0.3 is 0 Å². The lowest BCUT2D eigenvalue weighted by Gasteiger charge is -2.52. The lowest BCUT2D eigenvalue weighted by Crippen LogP contribution is -2.44. The average Bonchev–Trinajstić information content (AvgIpc) is 3.44. The van der Waals surface area contributed by atoms with Gasteiger partial charge in [0.2, 0.25) is 0 Å². The maximum Gasteiger partial charge on any atom is 0.178 e. The normalized spacial score (nSPS) is 21.8. The Morgan fingerprint density at radius 2 is 1.31 bits per heavy atom. The Hall–Kier alpha value is -4.90. The molecule has 2 aliphatic heterocycles. The molecule has 5 nitrogen and oxygen atoms in total. The van der Waals surface area contributed by atoms with Crippen molar-refractivity contribution >= 4 is 16.8 Å². The molecule has 5 heteroatoms. The zero-order valence-corrected chi connectivity index (χ0v) is 33.9. The van der Waals surface area contributed by atoms with E-state index in [0.717, 1.165) is 77.4 Å². The van der Waals surface area contributed by atoms with Crippen LogP contribution in [0.25, 0.3) is 28.0 Å². The molecular weight excluding hydrogens is 681 g/mol. The summed E-state index contributed by atoms with van der Waals surface area (Å²) in [6, 6.07) is 28.0. The minimum atomic E-state index is -0.934. The van der Waals surface area contributed by atoms with Crippen molar-refractivity contribution in [2.24, 2.45) is 10.8 Å². The second-order valence-corrected chi connectivity index (χ2v) is 18.3. The number of aryl methyl sites for hydroxylation is 1. The predicted molar refractivity (Wildman–Crippen MR) is 222 cm³/mol. The van der Waals surface area contributed by atoms with Gasteiger partial charge in [0.25, 0.3) is 0 Å². The zero-order valence-electron chi connectivity index (χ0n) is 33.9. The molecule has 2 aliphatic carbocycles. The highest BCUT2D eigenvalue weighted by Crippen LogP contribution is 2.68. The van der Waals surface area contributed by atoms with E-state index in [-0.39, 0.29) is 21.8 Å². The van der Waals surface area contributed by atoms with Gasteiger partial charge in [0.1, 0.15) is 22.8 Å². The Balaban J connectivity index is 1.42. The minimum absolute atomic E-state index is 0.124. The fourth-order valence-corrected chi connectivity index (χ4v) is 11.4. The molecule has 1 spiro atoms. The quantitative estimate of drug-likeness (QED) is 0.174. The molecule has 0 aromatic heterocycles. The summed E-state index contributed by atoms with van der Waals surface area (Å²) in [7, 11) is 5.17. The number of fused-ring (bicyclic) bond motifs is 12. The van der Waals surface area contributed by atoms with E-state index in [2.05, 4.69) is 108 Å². The maximum absolute atomic E-state index is 7.80. The fraction of sp³-hybridized carbons (Fsp3) is 0.400. The number of ether oxygens (including phenoxy) is 5. The smallest absolute Gasteiger partial charge is 0.178 e. The molecule has 5 aromatic rings. The molecule has 1 unspecified atom stereocenters. The summed E-state index contributed by atoms with van der Waals surface area (Å²) in [5.41, 5.74) is 8.79. The van der Waals surface area contributed by atoms with Crippen molar-refractivity contribution in [3.05, 3.63) is 118 Å². The standard InChI is InChI=1S/C50H54O5/c1-10-48(6)25-23-36-41-38(27-40(53-9)45(36)54-48)44-37(43-42(41)35-13-11-12-14-39(35)49(43)29-46(2,3)28-47(4,5)30-49)24-26-50(55-44,31-15-19-33(51-7)20-16-31)32-17-21-34(52-8)22-18-32/h11-22,24,26-27H,10,23,25,28-30H2,1-9H3. The summed E-state index contributed by atoms with van der Waals surface area (Å²) < 4.78 is 32.3.